The van der Waals surface area contributed by atoms with E-state index < -0.39 is 14.6 Å². The molecule has 0 aliphatic carbocycles. The average molecular weight is 279 g/mol. The predicted octanol–water partition coefficient (Wildman–Crippen LogP) is 1.93. The van der Waals surface area contributed by atoms with Crippen molar-refractivity contribution < 1.29 is 8.42 Å². The van der Waals surface area contributed by atoms with Gasteiger partial charge >= 0.3 is 0 Å². The fraction of sp³-hybridized carbons (Fsp3) is 1.00. The number of sulfone groups is 1. The maximum Gasteiger partial charge on any atom is 0.156 e. The number of thioether (sulfide) groups is 1. The van der Waals surface area contributed by atoms with Gasteiger partial charge in [0, 0.05) is 6.54 Å². The van der Waals surface area contributed by atoms with Gasteiger partial charge in [0.2, 0.25) is 0 Å². The summed E-state index contributed by atoms with van der Waals surface area (Å²) in [5.41, 5.74) is 0. The molecule has 0 spiro atoms. The monoisotopic (exact) mass is 279 g/mol. The highest BCUT2D eigenvalue weighted by Gasteiger charge is 2.28. The molecule has 3 nitrogen and oxygen atoms in total. The van der Waals surface area contributed by atoms with Gasteiger partial charge in [0.05, 0.1) is 10.5 Å². The minimum atomic E-state index is -2.97. The van der Waals surface area contributed by atoms with Crippen molar-refractivity contribution in [1.29, 1.82) is 0 Å². The Morgan fingerprint density at radius 1 is 1.24 bits per heavy atom. The van der Waals surface area contributed by atoms with Crippen LogP contribution in [0, 0.1) is 5.92 Å². The Kier molecular flexibility index (Phi) is 5.80. The van der Waals surface area contributed by atoms with Crippen LogP contribution in [0.15, 0.2) is 0 Å². The lowest BCUT2D eigenvalue weighted by molar-refractivity contribution is 0.453. The molecule has 0 aromatic heterocycles. The summed E-state index contributed by atoms with van der Waals surface area (Å²) in [6, 6.07) is 0. The summed E-state index contributed by atoms with van der Waals surface area (Å²) >= 11 is 2.02. The standard InChI is InChI=1S/C12H25NO2S2/c1-12(2,3)17(14,15)9-6-13-10-11-4-7-16-8-5-11/h11,13H,4-10H2,1-3H3. The van der Waals surface area contributed by atoms with Crippen LogP contribution in [0.4, 0.5) is 0 Å². The molecule has 1 heterocycles. The van der Waals surface area contributed by atoms with Crippen molar-refractivity contribution in [3.8, 4) is 0 Å². The fourth-order valence-electron chi connectivity index (χ4n) is 1.77. The van der Waals surface area contributed by atoms with Gasteiger partial charge in [-0.05, 0) is 57.6 Å². The number of rotatable bonds is 5. The minimum absolute atomic E-state index is 0.248. The Balaban J connectivity index is 2.19. The first-order valence-electron chi connectivity index (χ1n) is 6.34. The van der Waals surface area contributed by atoms with Crippen molar-refractivity contribution in [1.82, 2.24) is 5.32 Å². The van der Waals surface area contributed by atoms with Crippen LogP contribution in [0.5, 0.6) is 0 Å². The molecule has 1 saturated heterocycles. The van der Waals surface area contributed by atoms with Crippen molar-refractivity contribution in [2.45, 2.75) is 38.4 Å². The van der Waals surface area contributed by atoms with Crippen molar-refractivity contribution >= 4 is 21.6 Å². The van der Waals surface area contributed by atoms with Crippen LogP contribution in [0.2, 0.25) is 0 Å². The van der Waals surface area contributed by atoms with E-state index in [9.17, 15) is 8.42 Å². The zero-order valence-electron chi connectivity index (χ0n) is 11.2. The first-order valence-corrected chi connectivity index (χ1v) is 9.14. The minimum Gasteiger partial charge on any atom is -0.315 e. The third-order valence-corrected chi connectivity index (χ3v) is 6.91. The molecule has 1 aliphatic heterocycles. The van der Waals surface area contributed by atoms with Crippen molar-refractivity contribution in [3.63, 3.8) is 0 Å². The molecule has 1 fully saturated rings. The molecule has 0 aromatic carbocycles. The Hall–Kier alpha value is 0.260. The first kappa shape index (κ1) is 15.3. The number of hydrogen-bond donors (Lipinski definition) is 1. The summed E-state index contributed by atoms with van der Waals surface area (Å²) in [6.07, 6.45) is 2.54. The molecule has 0 radical (unpaired) electrons. The highest BCUT2D eigenvalue weighted by atomic mass is 32.2. The van der Waals surface area contributed by atoms with Crippen molar-refractivity contribution in [3.05, 3.63) is 0 Å². The lowest BCUT2D eigenvalue weighted by atomic mass is 10.0. The van der Waals surface area contributed by atoms with Gasteiger partial charge in [0.1, 0.15) is 0 Å². The molecular formula is C12H25NO2S2. The molecule has 0 bridgehead atoms. The zero-order chi connectivity index (χ0) is 12.9. The highest BCUT2D eigenvalue weighted by molar-refractivity contribution is 7.99. The second-order valence-corrected chi connectivity index (χ2v) is 9.78. The van der Waals surface area contributed by atoms with E-state index in [1.165, 1.54) is 24.3 Å². The van der Waals surface area contributed by atoms with Gasteiger partial charge in [-0.15, -0.1) is 0 Å². The van der Waals surface area contributed by atoms with Crippen molar-refractivity contribution in [2.24, 2.45) is 5.92 Å². The van der Waals surface area contributed by atoms with Gasteiger partial charge in [0.25, 0.3) is 0 Å². The van der Waals surface area contributed by atoms with Gasteiger partial charge in [-0.3, -0.25) is 0 Å². The topological polar surface area (TPSA) is 46.2 Å². The highest BCUT2D eigenvalue weighted by Crippen LogP contribution is 2.21. The molecule has 17 heavy (non-hydrogen) atoms. The number of hydrogen-bond acceptors (Lipinski definition) is 4. The largest absolute Gasteiger partial charge is 0.315 e. The summed E-state index contributed by atoms with van der Waals surface area (Å²) in [6.45, 7) is 6.85. The van der Waals surface area contributed by atoms with Gasteiger partial charge in [-0.1, -0.05) is 0 Å². The van der Waals surface area contributed by atoms with E-state index in [1.54, 1.807) is 20.8 Å². The molecule has 0 aromatic rings. The molecular weight excluding hydrogens is 254 g/mol. The molecule has 0 saturated carbocycles. The Morgan fingerprint density at radius 2 is 1.82 bits per heavy atom. The fourth-order valence-corrected chi connectivity index (χ4v) is 4.00. The average Bonchev–Trinajstić information content (AvgIpc) is 2.24. The summed E-state index contributed by atoms with van der Waals surface area (Å²) in [7, 11) is -2.97. The molecule has 102 valence electrons. The third-order valence-electron chi connectivity index (χ3n) is 3.25. The maximum atomic E-state index is 11.9. The normalized spacial score (nSPS) is 19.5. The molecule has 0 unspecified atom stereocenters. The maximum absolute atomic E-state index is 11.9. The van der Waals surface area contributed by atoms with Crippen LogP contribution in [-0.2, 0) is 9.84 Å². The van der Waals surface area contributed by atoms with Crippen LogP contribution in [0.3, 0.4) is 0 Å². The first-order chi connectivity index (χ1) is 7.83. The van der Waals surface area contributed by atoms with E-state index in [0.29, 0.717) is 6.54 Å². The van der Waals surface area contributed by atoms with E-state index in [2.05, 4.69) is 5.32 Å². The van der Waals surface area contributed by atoms with E-state index >= 15 is 0 Å². The van der Waals surface area contributed by atoms with E-state index in [0.717, 1.165) is 12.5 Å². The van der Waals surface area contributed by atoms with Gasteiger partial charge < -0.3 is 5.32 Å². The Labute approximate surface area is 110 Å². The summed E-state index contributed by atoms with van der Waals surface area (Å²) in [4.78, 5) is 0. The second-order valence-electron chi connectivity index (χ2n) is 5.69. The van der Waals surface area contributed by atoms with E-state index in [-0.39, 0.29) is 5.75 Å². The number of nitrogens with one attached hydrogen (secondary N) is 1. The smallest absolute Gasteiger partial charge is 0.156 e. The van der Waals surface area contributed by atoms with E-state index in [4.69, 9.17) is 0 Å². The van der Waals surface area contributed by atoms with Crippen LogP contribution < -0.4 is 5.32 Å². The summed E-state index contributed by atoms with van der Waals surface area (Å²) in [5, 5.41) is 3.29. The van der Waals surface area contributed by atoms with Crippen molar-refractivity contribution in [2.75, 3.05) is 30.3 Å². The molecule has 1 aliphatic rings. The third kappa shape index (κ3) is 5.18. The van der Waals surface area contributed by atoms with Crippen LogP contribution >= 0.6 is 11.8 Å². The lowest BCUT2D eigenvalue weighted by Crippen LogP contribution is -2.36. The van der Waals surface area contributed by atoms with Gasteiger partial charge in [0.15, 0.2) is 9.84 Å². The van der Waals surface area contributed by atoms with Crippen LogP contribution in [-0.4, -0.2) is 43.5 Å². The zero-order valence-corrected chi connectivity index (χ0v) is 12.8. The molecule has 1 rings (SSSR count). The predicted molar refractivity (Wildman–Crippen MR) is 76.5 cm³/mol. The molecule has 0 atom stereocenters. The van der Waals surface area contributed by atoms with Gasteiger partial charge in [-0.2, -0.15) is 11.8 Å². The quantitative estimate of drug-likeness (QED) is 0.781. The van der Waals surface area contributed by atoms with E-state index in [1.807, 2.05) is 11.8 Å². The van der Waals surface area contributed by atoms with Crippen LogP contribution in [0.25, 0.3) is 0 Å². The Bertz CT molecular complexity index is 314. The molecule has 0 amide bonds. The molecule has 5 heteroatoms. The molecule has 1 N–H and O–H groups in total. The van der Waals surface area contributed by atoms with Crippen LogP contribution in [0.1, 0.15) is 33.6 Å². The Morgan fingerprint density at radius 3 is 2.35 bits per heavy atom. The van der Waals surface area contributed by atoms with Gasteiger partial charge in [-0.25, -0.2) is 8.42 Å². The lowest BCUT2D eigenvalue weighted by Gasteiger charge is -2.22. The summed E-state index contributed by atoms with van der Waals surface area (Å²) in [5.74, 6) is 3.51. The summed E-state index contributed by atoms with van der Waals surface area (Å²) < 4.78 is 23.1. The SMILES string of the molecule is CC(C)(C)S(=O)(=O)CCNCC1CCSCC1. The second kappa shape index (κ2) is 6.43.